The first-order chi connectivity index (χ1) is 6.67. The first-order valence-corrected chi connectivity index (χ1v) is 6.39. The van der Waals surface area contributed by atoms with Gasteiger partial charge in [0.1, 0.15) is 0 Å². The van der Waals surface area contributed by atoms with Gasteiger partial charge < -0.3 is 10.2 Å². The summed E-state index contributed by atoms with van der Waals surface area (Å²) in [5.41, 5.74) is 0. The second-order valence-corrected chi connectivity index (χ2v) is 5.09. The average Bonchev–Trinajstić information content (AvgIpc) is 2.61. The maximum Gasteiger partial charge on any atom is 0.193 e. The summed E-state index contributed by atoms with van der Waals surface area (Å²) in [6, 6.07) is 0.619. The van der Waals surface area contributed by atoms with Gasteiger partial charge in [0, 0.05) is 32.4 Å². The van der Waals surface area contributed by atoms with Crippen LogP contribution < -0.4 is 5.32 Å². The molecular weight excluding hydrogens is 194 g/mol. The van der Waals surface area contributed by atoms with Crippen molar-refractivity contribution in [3.8, 4) is 0 Å². The maximum absolute atomic E-state index is 4.23. The number of nitrogens with zero attached hydrogens (tertiary/aromatic N) is 2. The summed E-state index contributed by atoms with van der Waals surface area (Å²) in [5.74, 6) is 0.997. The van der Waals surface area contributed by atoms with E-state index in [1.54, 1.807) is 0 Å². The fourth-order valence-electron chi connectivity index (χ4n) is 1.86. The molecule has 2 unspecified atom stereocenters. The highest BCUT2D eigenvalue weighted by Gasteiger charge is 2.24. The van der Waals surface area contributed by atoms with Crippen LogP contribution in [-0.4, -0.2) is 49.6 Å². The molecule has 0 aliphatic heterocycles. The Bertz CT molecular complexity index is 204. The molecule has 0 spiro atoms. The van der Waals surface area contributed by atoms with Gasteiger partial charge in [0.05, 0.1) is 0 Å². The zero-order valence-electron chi connectivity index (χ0n) is 9.58. The van der Waals surface area contributed by atoms with Gasteiger partial charge >= 0.3 is 0 Å². The number of thioether (sulfide) groups is 1. The number of rotatable bonds is 2. The van der Waals surface area contributed by atoms with Crippen molar-refractivity contribution in [2.75, 3.05) is 27.4 Å². The summed E-state index contributed by atoms with van der Waals surface area (Å²) in [6.07, 6.45) is 6.09. The zero-order valence-corrected chi connectivity index (χ0v) is 10.4. The lowest BCUT2D eigenvalue weighted by atomic mass is 10.2. The molecule has 1 N–H and O–H groups in total. The van der Waals surface area contributed by atoms with E-state index in [1.165, 1.54) is 19.3 Å². The van der Waals surface area contributed by atoms with Gasteiger partial charge in [0.25, 0.3) is 0 Å². The van der Waals surface area contributed by atoms with E-state index in [2.05, 4.69) is 16.6 Å². The van der Waals surface area contributed by atoms with E-state index in [0.717, 1.165) is 11.2 Å². The molecule has 0 saturated heterocycles. The van der Waals surface area contributed by atoms with E-state index in [0.29, 0.717) is 6.04 Å². The molecule has 0 bridgehead atoms. The van der Waals surface area contributed by atoms with Gasteiger partial charge in [-0.1, -0.05) is 0 Å². The minimum atomic E-state index is 0.619. The van der Waals surface area contributed by atoms with Crippen LogP contribution in [0.5, 0.6) is 0 Å². The quantitative estimate of drug-likeness (QED) is 0.557. The van der Waals surface area contributed by atoms with Crippen LogP contribution in [0.3, 0.4) is 0 Å². The molecule has 1 aliphatic carbocycles. The number of hydrogen-bond acceptors (Lipinski definition) is 2. The molecule has 0 aromatic heterocycles. The first-order valence-electron chi connectivity index (χ1n) is 5.10. The zero-order chi connectivity index (χ0) is 10.6. The Labute approximate surface area is 91.3 Å². The monoisotopic (exact) mass is 215 g/mol. The molecule has 0 amide bonds. The number of guanidine groups is 1. The van der Waals surface area contributed by atoms with Crippen LogP contribution >= 0.6 is 11.8 Å². The fourth-order valence-corrected chi connectivity index (χ4v) is 2.66. The largest absolute Gasteiger partial charge is 0.353 e. The molecule has 1 saturated carbocycles. The molecule has 1 rings (SSSR count). The van der Waals surface area contributed by atoms with E-state index in [4.69, 9.17) is 0 Å². The van der Waals surface area contributed by atoms with Gasteiger partial charge in [-0.05, 0) is 25.5 Å². The highest BCUT2D eigenvalue weighted by Crippen LogP contribution is 2.28. The molecule has 4 heteroatoms. The number of hydrogen-bond donors (Lipinski definition) is 1. The molecule has 1 aliphatic rings. The highest BCUT2D eigenvalue weighted by atomic mass is 32.2. The van der Waals surface area contributed by atoms with Crippen molar-refractivity contribution in [2.24, 2.45) is 4.99 Å². The Morgan fingerprint density at radius 3 is 2.57 bits per heavy atom. The molecule has 0 radical (unpaired) electrons. The minimum absolute atomic E-state index is 0.619. The third-order valence-electron chi connectivity index (χ3n) is 2.69. The lowest BCUT2D eigenvalue weighted by molar-refractivity contribution is 0.536. The van der Waals surface area contributed by atoms with Crippen molar-refractivity contribution in [1.29, 1.82) is 0 Å². The van der Waals surface area contributed by atoms with Crippen LogP contribution in [0.4, 0.5) is 0 Å². The van der Waals surface area contributed by atoms with Crippen LogP contribution in [0, 0.1) is 0 Å². The SMILES string of the molecule is CN=C(NC1CCC(SC)C1)N(C)C. The van der Waals surface area contributed by atoms with Crippen LogP contribution in [0.2, 0.25) is 0 Å². The second kappa shape index (κ2) is 5.49. The predicted molar refractivity (Wildman–Crippen MR) is 65.1 cm³/mol. The van der Waals surface area contributed by atoms with Crippen molar-refractivity contribution in [1.82, 2.24) is 10.2 Å². The van der Waals surface area contributed by atoms with E-state index in [9.17, 15) is 0 Å². The van der Waals surface area contributed by atoms with Crippen LogP contribution in [-0.2, 0) is 0 Å². The smallest absolute Gasteiger partial charge is 0.193 e. The Kier molecular flexibility index (Phi) is 4.58. The third kappa shape index (κ3) is 3.08. The van der Waals surface area contributed by atoms with Crippen LogP contribution in [0.25, 0.3) is 0 Å². The summed E-state index contributed by atoms with van der Waals surface area (Å²) >= 11 is 1.99. The standard InChI is InChI=1S/C10H21N3S/c1-11-10(13(2)3)12-8-5-6-9(7-8)14-4/h8-9H,5-7H2,1-4H3,(H,11,12). The average molecular weight is 215 g/mol. The Hall–Kier alpha value is -0.380. The van der Waals surface area contributed by atoms with E-state index >= 15 is 0 Å². The third-order valence-corrected chi connectivity index (χ3v) is 3.78. The summed E-state index contributed by atoms with van der Waals surface area (Å²) < 4.78 is 0. The second-order valence-electron chi connectivity index (χ2n) is 3.95. The molecule has 14 heavy (non-hydrogen) atoms. The van der Waals surface area contributed by atoms with E-state index in [1.807, 2.05) is 37.8 Å². The molecular formula is C10H21N3S. The number of aliphatic imine (C=N–C) groups is 1. The van der Waals surface area contributed by atoms with Crippen molar-refractivity contribution in [2.45, 2.75) is 30.6 Å². The Balaban J connectivity index is 2.38. The van der Waals surface area contributed by atoms with Crippen molar-refractivity contribution < 1.29 is 0 Å². The first kappa shape index (κ1) is 11.7. The fraction of sp³-hybridized carbons (Fsp3) is 0.900. The van der Waals surface area contributed by atoms with Gasteiger partial charge in [-0.2, -0.15) is 11.8 Å². The maximum atomic E-state index is 4.23. The molecule has 3 nitrogen and oxygen atoms in total. The van der Waals surface area contributed by atoms with Crippen molar-refractivity contribution >= 4 is 17.7 Å². The van der Waals surface area contributed by atoms with Crippen LogP contribution in [0.1, 0.15) is 19.3 Å². The van der Waals surface area contributed by atoms with Crippen LogP contribution in [0.15, 0.2) is 4.99 Å². The van der Waals surface area contributed by atoms with E-state index < -0.39 is 0 Å². The molecule has 0 aromatic rings. The number of nitrogens with one attached hydrogen (secondary N) is 1. The molecule has 82 valence electrons. The topological polar surface area (TPSA) is 27.6 Å². The normalized spacial score (nSPS) is 27.9. The van der Waals surface area contributed by atoms with Gasteiger partial charge in [0.2, 0.25) is 0 Å². The molecule has 0 aromatic carbocycles. The van der Waals surface area contributed by atoms with Crippen molar-refractivity contribution in [3.05, 3.63) is 0 Å². The summed E-state index contributed by atoms with van der Waals surface area (Å²) in [6.45, 7) is 0. The lowest BCUT2D eigenvalue weighted by Gasteiger charge is -2.21. The van der Waals surface area contributed by atoms with Gasteiger partial charge in [-0.15, -0.1) is 0 Å². The van der Waals surface area contributed by atoms with Gasteiger partial charge in [-0.3, -0.25) is 4.99 Å². The summed E-state index contributed by atoms with van der Waals surface area (Å²) in [7, 11) is 5.88. The van der Waals surface area contributed by atoms with Crippen molar-refractivity contribution in [3.63, 3.8) is 0 Å². The predicted octanol–water partition coefficient (Wildman–Crippen LogP) is 1.41. The Morgan fingerprint density at radius 1 is 1.43 bits per heavy atom. The lowest BCUT2D eigenvalue weighted by Crippen LogP contribution is -2.41. The summed E-state index contributed by atoms with van der Waals surface area (Å²) in [4.78, 5) is 6.26. The minimum Gasteiger partial charge on any atom is -0.353 e. The molecule has 1 fully saturated rings. The molecule has 2 atom stereocenters. The molecule has 0 heterocycles. The highest BCUT2D eigenvalue weighted by molar-refractivity contribution is 7.99. The van der Waals surface area contributed by atoms with Gasteiger partial charge in [0.15, 0.2) is 5.96 Å². The Morgan fingerprint density at radius 2 is 2.14 bits per heavy atom. The van der Waals surface area contributed by atoms with E-state index in [-0.39, 0.29) is 0 Å². The van der Waals surface area contributed by atoms with Gasteiger partial charge in [-0.25, -0.2) is 0 Å². The summed E-state index contributed by atoms with van der Waals surface area (Å²) in [5, 5.41) is 4.33.